The third kappa shape index (κ3) is 3.00. The van der Waals surface area contributed by atoms with Crippen molar-refractivity contribution < 1.29 is 19.4 Å². The van der Waals surface area contributed by atoms with E-state index in [0.717, 1.165) is 5.56 Å². The summed E-state index contributed by atoms with van der Waals surface area (Å²) in [7, 11) is 3.17. The number of aromatic carboxylic acids is 1. The van der Waals surface area contributed by atoms with E-state index in [4.69, 9.17) is 14.6 Å². The molecule has 0 saturated carbocycles. The van der Waals surface area contributed by atoms with E-state index in [2.05, 4.69) is 15.5 Å². The lowest BCUT2D eigenvalue weighted by Gasteiger charge is -2.10. The van der Waals surface area contributed by atoms with Crippen LogP contribution in [0.15, 0.2) is 24.3 Å². The Bertz CT molecular complexity index is 609. The van der Waals surface area contributed by atoms with Gasteiger partial charge >= 0.3 is 5.97 Å². The summed E-state index contributed by atoms with van der Waals surface area (Å²) in [6, 6.07) is 6.91. The van der Waals surface area contributed by atoms with Crippen molar-refractivity contribution in [1.82, 2.24) is 10.2 Å². The van der Waals surface area contributed by atoms with E-state index >= 15 is 0 Å². The van der Waals surface area contributed by atoms with Crippen molar-refractivity contribution in [3.05, 3.63) is 35.5 Å². The first-order chi connectivity index (χ1) is 9.63. The largest absolute Gasteiger partial charge is 0.497 e. The van der Waals surface area contributed by atoms with Crippen molar-refractivity contribution in [2.75, 3.05) is 19.5 Å². The smallest absolute Gasteiger partial charge is 0.353 e. The highest BCUT2D eigenvalue weighted by Crippen LogP contribution is 2.25. The molecule has 0 aliphatic carbocycles. The maximum Gasteiger partial charge on any atom is 0.353 e. The molecule has 7 nitrogen and oxygen atoms in total. The van der Waals surface area contributed by atoms with Gasteiger partial charge in [0.05, 0.1) is 14.2 Å². The number of anilines is 1. The molecule has 0 unspecified atom stereocenters. The molecule has 106 valence electrons. The summed E-state index contributed by atoms with van der Waals surface area (Å²) >= 11 is 0. The Labute approximate surface area is 115 Å². The van der Waals surface area contributed by atoms with Crippen LogP contribution in [0.5, 0.6) is 11.5 Å². The SMILES string of the molecule is COc1ccc(CNc2cc(C(=O)O)[nH]n2)c(OC)c1. The molecule has 0 aliphatic heterocycles. The minimum absolute atomic E-state index is 0.0363. The van der Waals surface area contributed by atoms with Gasteiger partial charge in [-0.15, -0.1) is 0 Å². The van der Waals surface area contributed by atoms with Crippen molar-refractivity contribution in [3.63, 3.8) is 0 Å². The fraction of sp³-hybridized carbons (Fsp3) is 0.231. The van der Waals surface area contributed by atoms with Crippen molar-refractivity contribution >= 4 is 11.8 Å². The molecule has 0 saturated heterocycles. The lowest BCUT2D eigenvalue weighted by Crippen LogP contribution is -2.02. The maximum absolute atomic E-state index is 10.7. The van der Waals surface area contributed by atoms with E-state index in [1.54, 1.807) is 20.3 Å². The Kier molecular flexibility index (Phi) is 4.09. The minimum atomic E-state index is -1.05. The zero-order valence-electron chi connectivity index (χ0n) is 11.1. The minimum Gasteiger partial charge on any atom is -0.497 e. The molecular formula is C13H15N3O4. The van der Waals surface area contributed by atoms with Crippen LogP contribution in [0.25, 0.3) is 0 Å². The second-order valence-corrected chi connectivity index (χ2v) is 4.00. The quantitative estimate of drug-likeness (QED) is 0.744. The predicted octanol–water partition coefficient (Wildman–Crippen LogP) is 1.74. The summed E-state index contributed by atoms with van der Waals surface area (Å²) in [5.41, 5.74) is 0.947. The first kappa shape index (κ1) is 13.7. The van der Waals surface area contributed by atoms with Gasteiger partial charge in [0.15, 0.2) is 0 Å². The second kappa shape index (κ2) is 5.96. The highest BCUT2D eigenvalue weighted by atomic mass is 16.5. The number of carboxylic acids is 1. The van der Waals surface area contributed by atoms with Crippen molar-refractivity contribution in [3.8, 4) is 11.5 Å². The van der Waals surface area contributed by atoms with E-state index in [1.807, 2.05) is 12.1 Å². The van der Waals surface area contributed by atoms with Crippen LogP contribution in [0.2, 0.25) is 0 Å². The van der Waals surface area contributed by atoms with Gasteiger partial charge in [0.1, 0.15) is 23.0 Å². The third-order valence-corrected chi connectivity index (χ3v) is 2.76. The van der Waals surface area contributed by atoms with Gasteiger partial charge in [0, 0.05) is 24.2 Å². The van der Waals surface area contributed by atoms with Crippen molar-refractivity contribution in [2.24, 2.45) is 0 Å². The molecule has 0 fully saturated rings. The van der Waals surface area contributed by atoms with Crippen LogP contribution in [0, 0.1) is 0 Å². The Morgan fingerprint density at radius 1 is 1.35 bits per heavy atom. The van der Waals surface area contributed by atoms with Gasteiger partial charge in [0.2, 0.25) is 0 Å². The van der Waals surface area contributed by atoms with E-state index in [0.29, 0.717) is 23.9 Å². The molecule has 1 aromatic carbocycles. The van der Waals surface area contributed by atoms with Crippen molar-refractivity contribution in [2.45, 2.75) is 6.54 Å². The highest BCUT2D eigenvalue weighted by molar-refractivity contribution is 5.86. The summed E-state index contributed by atoms with van der Waals surface area (Å²) in [5.74, 6) is 0.803. The number of nitrogens with one attached hydrogen (secondary N) is 2. The van der Waals surface area contributed by atoms with E-state index in [-0.39, 0.29) is 5.69 Å². The number of hydrogen-bond acceptors (Lipinski definition) is 5. The van der Waals surface area contributed by atoms with Crippen LogP contribution in [0.3, 0.4) is 0 Å². The lowest BCUT2D eigenvalue weighted by molar-refractivity contribution is 0.0690. The van der Waals surface area contributed by atoms with Crippen LogP contribution in [0.1, 0.15) is 16.1 Å². The average Bonchev–Trinajstić information content (AvgIpc) is 2.94. The van der Waals surface area contributed by atoms with Gasteiger partial charge in [-0.05, 0) is 12.1 Å². The molecular weight excluding hydrogens is 262 g/mol. The molecule has 2 rings (SSSR count). The van der Waals surface area contributed by atoms with E-state index in [1.165, 1.54) is 6.07 Å². The number of rotatable bonds is 6. The second-order valence-electron chi connectivity index (χ2n) is 4.00. The zero-order valence-corrected chi connectivity index (χ0v) is 11.1. The monoisotopic (exact) mass is 277 g/mol. The summed E-state index contributed by atoms with van der Waals surface area (Å²) in [4.78, 5) is 10.7. The topological polar surface area (TPSA) is 96.5 Å². The third-order valence-electron chi connectivity index (χ3n) is 2.76. The number of carboxylic acid groups (broad SMARTS) is 1. The number of benzene rings is 1. The summed E-state index contributed by atoms with van der Waals surface area (Å²) in [6.45, 7) is 0.455. The highest BCUT2D eigenvalue weighted by Gasteiger charge is 2.09. The molecule has 0 atom stereocenters. The number of aromatic nitrogens is 2. The van der Waals surface area contributed by atoms with Gasteiger partial charge < -0.3 is 19.9 Å². The average molecular weight is 277 g/mol. The summed E-state index contributed by atoms with van der Waals surface area (Å²) < 4.78 is 10.4. The summed E-state index contributed by atoms with van der Waals surface area (Å²) in [6.07, 6.45) is 0. The molecule has 0 aliphatic rings. The predicted molar refractivity (Wildman–Crippen MR) is 72.4 cm³/mol. The van der Waals surface area contributed by atoms with Gasteiger partial charge in [-0.2, -0.15) is 5.10 Å². The van der Waals surface area contributed by atoms with Crippen molar-refractivity contribution in [1.29, 1.82) is 0 Å². The first-order valence-electron chi connectivity index (χ1n) is 5.87. The number of H-pyrrole nitrogens is 1. The Morgan fingerprint density at radius 2 is 2.15 bits per heavy atom. The molecule has 0 radical (unpaired) electrons. The number of carbonyl (C=O) groups is 1. The molecule has 3 N–H and O–H groups in total. The fourth-order valence-electron chi connectivity index (χ4n) is 1.71. The van der Waals surface area contributed by atoms with Gasteiger partial charge in [-0.25, -0.2) is 4.79 Å². The molecule has 2 aromatic rings. The molecule has 1 aromatic heterocycles. The lowest BCUT2D eigenvalue weighted by atomic mass is 10.2. The molecule has 1 heterocycles. The van der Waals surface area contributed by atoms with Crippen LogP contribution in [-0.4, -0.2) is 35.5 Å². The van der Waals surface area contributed by atoms with Crippen LogP contribution < -0.4 is 14.8 Å². The fourth-order valence-corrected chi connectivity index (χ4v) is 1.71. The van der Waals surface area contributed by atoms with Crippen LogP contribution in [-0.2, 0) is 6.54 Å². The van der Waals surface area contributed by atoms with E-state index in [9.17, 15) is 4.79 Å². The van der Waals surface area contributed by atoms with Crippen LogP contribution >= 0.6 is 0 Å². The number of aromatic amines is 1. The number of hydrogen-bond donors (Lipinski definition) is 3. The molecule has 20 heavy (non-hydrogen) atoms. The van der Waals surface area contributed by atoms with Gasteiger partial charge in [0.25, 0.3) is 0 Å². The molecule has 0 amide bonds. The van der Waals surface area contributed by atoms with E-state index < -0.39 is 5.97 Å². The molecule has 0 bridgehead atoms. The maximum atomic E-state index is 10.7. The Hall–Kier alpha value is -2.70. The Balaban J connectivity index is 2.07. The normalized spacial score (nSPS) is 10.1. The molecule has 0 spiro atoms. The number of ether oxygens (including phenoxy) is 2. The van der Waals surface area contributed by atoms with Crippen LogP contribution in [0.4, 0.5) is 5.82 Å². The zero-order chi connectivity index (χ0) is 14.5. The number of methoxy groups -OCH3 is 2. The standard InChI is InChI=1S/C13H15N3O4/c1-19-9-4-3-8(11(5-9)20-2)7-14-12-6-10(13(17)18)15-16-12/h3-6H,7H2,1-2H3,(H,17,18)(H2,14,15,16). The van der Waals surface area contributed by atoms with Gasteiger partial charge in [-0.3, -0.25) is 5.10 Å². The summed E-state index contributed by atoms with van der Waals surface area (Å²) in [5, 5.41) is 18.1. The van der Waals surface area contributed by atoms with Gasteiger partial charge in [-0.1, -0.05) is 0 Å². The Morgan fingerprint density at radius 3 is 2.75 bits per heavy atom. The molecule has 7 heteroatoms. The first-order valence-corrected chi connectivity index (χ1v) is 5.87. The number of nitrogens with zero attached hydrogens (tertiary/aromatic N) is 1.